The molecule has 0 atom stereocenters. The molecule has 2 heterocycles. The van der Waals surface area contributed by atoms with E-state index in [2.05, 4.69) is 0 Å². The molecular formula is C32H27N3O3. The molecule has 1 aliphatic rings. The van der Waals surface area contributed by atoms with Gasteiger partial charge in [0.15, 0.2) is 5.82 Å². The molecule has 1 aliphatic heterocycles. The number of hydrogen-bond acceptors (Lipinski definition) is 5. The van der Waals surface area contributed by atoms with Crippen molar-refractivity contribution in [1.29, 1.82) is 0 Å². The highest BCUT2D eigenvalue weighted by molar-refractivity contribution is 6.05. The molecule has 0 fully saturated rings. The predicted molar refractivity (Wildman–Crippen MR) is 148 cm³/mol. The van der Waals surface area contributed by atoms with E-state index in [9.17, 15) is 9.90 Å². The molecule has 6 rings (SSSR count). The number of phenolic OH excluding ortho intramolecular Hbond substituents is 1. The molecular weight excluding hydrogens is 474 g/mol. The standard InChI is InChI=1S/C32H27N3O3/c1-20-10-11-24-19-35(17-16-26(24)30(20)36)32(37)29-27-8-3-4-9-28(27)33-31(34-29)22-14-12-21(13-15-22)23-6-5-7-25(18-23)38-2/h3-15,18,36H,16-17,19H2,1-2H3. The molecule has 5 aromatic rings. The zero-order chi connectivity index (χ0) is 26.2. The third-order valence-corrected chi connectivity index (χ3v) is 7.21. The van der Waals surface area contributed by atoms with Crippen molar-refractivity contribution in [2.75, 3.05) is 13.7 Å². The van der Waals surface area contributed by atoms with Crippen LogP contribution < -0.4 is 4.74 Å². The van der Waals surface area contributed by atoms with Crippen molar-refractivity contribution in [1.82, 2.24) is 14.9 Å². The number of phenols is 1. The van der Waals surface area contributed by atoms with Crippen LogP contribution in [0.3, 0.4) is 0 Å². The first-order chi connectivity index (χ1) is 18.5. The van der Waals surface area contributed by atoms with Crippen LogP contribution in [0.25, 0.3) is 33.4 Å². The second kappa shape index (κ2) is 9.63. The third kappa shape index (κ3) is 4.24. The van der Waals surface area contributed by atoms with Gasteiger partial charge in [0, 0.05) is 29.6 Å². The van der Waals surface area contributed by atoms with Gasteiger partial charge in [0.1, 0.15) is 17.2 Å². The summed E-state index contributed by atoms with van der Waals surface area (Å²) in [7, 11) is 1.66. The number of aromatic nitrogens is 2. The van der Waals surface area contributed by atoms with Gasteiger partial charge in [-0.25, -0.2) is 9.97 Å². The molecule has 0 spiro atoms. The second-order valence-corrected chi connectivity index (χ2v) is 9.57. The fraction of sp³-hybridized carbons (Fsp3) is 0.156. The van der Waals surface area contributed by atoms with Crippen LogP contribution in [0.4, 0.5) is 0 Å². The number of fused-ring (bicyclic) bond motifs is 2. The van der Waals surface area contributed by atoms with Crippen LogP contribution >= 0.6 is 0 Å². The minimum Gasteiger partial charge on any atom is -0.507 e. The Morgan fingerprint density at radius 3 is 2.50 bits per heavy atom. The highest BCUT2D eigenvalue weighted by atomic mass is 16.5. The van der Waals surface area contributed by atoms with Crippen molar-refractivity contribution >= 4 is 16.8 Å². The van der Waals surface area contributed by atoms with Crippen molar-refractivity contribution < 1.29 is 14.6 Å². The Bertz CT molecular complexity index is 1680. The van der Waals surface area contributed by atoms with Crippen LogP contribution in [-0.2, 0) is 13.0 Å². The van der Waals surface area contributed by atoms with E-state index in [-0.39, 0.29) is 5.91 Å². The molecule has 0 saturated heterocycles. The fourth-order valence-corrected chi connectivity index (χ4v) is 5.06. The molecule has 6 nitrogen and oxygen atoms in total. The average Bonchev–Trinajstić information content (AvgIpc) is 2.98. The summed E-state index contributed by atoms with van der Waals surface area (Å²) in [6, 6.07) is 27.5. The molecule has 0 radical (unpaired) electrons. The Hall–Kier alpha value is -4.71. The zero-order valence-electron chi connectivity index (χ0n) is 21.3. The summed E-state index contributed by atoms with van der Waals surface area (Å²) in [4.78, 5) is 25.2. The maximum atomic E-state index is 13.8. The molecule has 0 unspecified atom stereocenters. The normalized spacial score (nSPS) is 12.8. The topological polar surface area (TPSA) is 75.5 Å². The summed E-state index contributed by atoms with van der Waals surface area (Å²) in [6.45, 7) is 2.85. The summed E-state index contributed by atoms with van der Waals surface area (Å²) in [6.07, 6.45) is 0.607. The lowest BCUT2D eigenvalue weighted by Crippen LogP contribution is -2.36. The van der Waals surface area contributed by atoms with Crippen LogP contribution in [0.15, 0.2) is 84.9 Å². The van der Waals surface area contributed by atoms with E-state index < -0.39 is 0 Å². The van der Waals surface area contributed by atoms with Gasteiger partial charge < -0.3 is 14.7 Å². The van der Waals surface area contributed by atoms with Gasteiger partial charge in [-0.3, -0.25) is 4.79 Å². The number of rotatable bonds is 4. The summed E-state index contributed by atoms with van der Waals surface area (Å²) in [5.41, 5.74) is 6.81. The monoisotopic (exact) mass is 501 g/mol. The van der Waals surface area contributed by atoms with E-state index in [4.69, 9.17) is 14.7 Å². The Labute approximate surface area is 221 Å². The summed E-state index contributed by atoms with van der Waals surface area (Å²) in [5.74, 6) is 1.51. The number of amides is 1. The lowest BCUT2D eigenvalue weighted by Gasteiger charge is -2.29. The average molecular weight is 502 g/mol. The van der Waals surface area contributed by atoms with Crippen LogP contribution in [0.2, 0.25) is 0 Å². The Balaban J connectivity index is 1.35. The first-order valence-electron chi connectivity index (χ1n) is 12.6. The van der Waals surface area contributed by atoms with Gasteiger partial charge in [-0.2, -0.15) is 0 Å². The van der Waals surface area contributed by atoms with E-state index in [0.717, 1.165) is 50.0 Å². The molecule has 0 bridgehead atoms. The molecule has 1 N–H and O–H groups in total. The van der Waals surface area contributed by atoms with E-state index in [1.807, 2.05) is 96.8 Å². The van der Waals surface area contributed by atoms with E-state index >= 15 is 0 Å². The minimum absolute atomic E-state index is 0.136. The molecule has 38 heavy (non-hydrogen) atoms. The maximum absolute atomic E-state index is 13.8. The summed E-state index contributed by atoms with van der Waals surface area (Å²) < 4.78 is 5.36. The van der Waals surface area contributed by atoms with Crippen molar-refractivity contribution in [2.45, 2.75) is 19.9 Å². The van der Waals surface area contributed by atoms with Gasteiger partial charge in [-0.05, 0) is 53.8 Å². The Morgan fingerprint density at radius 1 is 0.895 bits per heavy atom. The molecule has 0 aliphatic carbocycles. The van der Waals surface area contributed by atoms with Crippen LogP contribution in [-0.4, -0.2) is 39.5 Å². The molecule has 188 valence electrons. The Kier molecular flexibility index (Phi) is 6.00. The van der Waals surface area contributed by atoms with E-state index in [1.54, 1.807) is 7.11 Å². The quantitative estimate of drug-likeness (QED) is 0.318. The number of benzene rings is 4. The largest absolute Gasteiger partial charge is 0.507 e. The summed E-state index contributed by atoms with van der Waals surface area (Å²) in [5, 5.41) is 11.2. The highest BCUT2D eigenvalue weighted by Crippen LogP contribution is 2.32. The van der Waals surface area contributed by atoms with Crippen LogP contribution in [0.5, 0.6) is 11.5 Å². The first kappa shape index (κ1) is 23.7. The van der Waals surface area contributed by atoms with Crippen LogP contribution in [0.1, 0.15) is 27.2 Å². The smallest absolute Gasteiger partial charge is 0.273 e. The number of aromatic hydroxyl groups is 1. The van der Waals surface area contributed by atoms with E-state index in [0.29, 0.717) is 36.8 Å². The van der Waals surface area contributed by atoms with Crippen molar-refractivity contribution in [3.8, 4) is 34.0 Å². The van der Waals surface area contributed by atoms with Gasteiger partial charge in [0.2, 0.25) is 0 Å². The zero-order valence-corrected chi connectivity index (χ0v) is 21.3. The number of ether oxygens (including phenoxy) is 1. The number of aryl methyl sites for hydroxylation is 1. The first-order valence-corrected chi connectivity index (χ1v) is 12.6. The number of nitrogens with zero attached hydrogens (tertiary/aromatic N) is 3. The van der Waals surface area contributed by atoms with Gasteiger partial charge >= 0.3 is 0 Å². The number of hydrogen-bond donors (Lipinski definition) is 1. The fourth-order valence-electron chi connectivity index (χ4n) is 5.06. The highest BCUT2D eigenvalue weighted by Gasteiger charge is 2.27. The van der Waals surface area contributed by atoms with Crippen molar-refractivity contribution in [3.63, 3.8) is 0 Å². The third-order valence-electron chi connectivity index (χ3n) is 7.21. The molecule has 0 saturated carbocycles. The number of para-hydroxylation sites is 1. The lowest BCUT2D eigenvalue weighted by molar-refractivity contribution is 0.0730. The van der Waals surface area contributed by atoms with Crippen molar-refractivity contribution in [3.05, 3.63) is 107 Å². The van der Waals surface area contributed by atoms with Gasteiger partial charge in [0.25, 0.3) is 5.91 Å². The Morgan fingerprint density at radius 2 is 1.68 bits per heavy atom. The number of carbonyl (C=O) groups excluding carboxylic acids is 1. The molecule has 6 heteroatoms. The van der Waals surface area contributed by atoms with Gasteiger partial charge in [-0.15, -0.1) is 0 Å². The van der Waals surface area contributed by atoms with E-state index in [1.165, 1.54) is 0 Å². The SMILES string of the molecule is COc1cccc(-c2ccc(-c3nc(C(=O)N4CCc5c(ccc(C)c5O)C4)c4ccccc4n3)cc2)c1. The second-order valence-electron chi connectivity index (χ2n) is 9.57. The number of carbonyl (C=O) groups is 1. The molecule has 4 aromatic carbocycles. The summed E-state index contributed by atoms with van der Waals surface area (Å²) >= 11 is 0. The lowest BCUT2D eigenvalue weighted by atomic mass is 9.96. The van der Waals surface area contributed by atoms with Gasteiger partial charge in [-0.1, -0.05) is 66.7 Å². The minimum atomic E-state index is -0.136. The predicted octanol–water partition coefficient (Wildman–Crippen LogP) is 6.18. The van der Waals surface area contributed by atoms with Crippen molar-refractivity contribution in [2.24, 2.45) is 0 Å². The van der Waals surface area contributed by atoms with Gasteiger partial charge in [0.05, 0.1) is 12.6 Å². The number of methoxy groups -OCH3 is 1. The molecule has 1 aromatic heterocycles. The molecule has 1 amide bonds. The maximum Gasteiger partial charge on any atom is 0.273 e. The van der Waals surface area contributed by atoms with Crippen LogP contribution in [0, 0.1) is 6.92 Å².